The maximum Gasteiger partial charge on any atom is 0.123 e. The summed E-state index contributed by atoms with van der Waals surface area (Å²) < 4.78 is 12.9. The van der Waals surface area contributed by atoms with E-state index in [9.17, 15) is 4.39 Å². The molecule has 0 radical (unpaired) electrons. The molecule has 1 rings (SSSR count). The van der Waals surface area contributed by atoms with E-state index in [4.69, 9.17) is 11.0 Å². The topological polar surface area (TPSA) is 49.8 Å². The molecule has 14 heavy (non-hydrogen) atoms. The van der Waals surface area contributed by atoms with E-state index in [0.29, 0.717) is 5.56 Å². The van der Waals surface area contributed by atoms with Gasteiger partial charge in [0.05, 0.1) is 11.5 Å². The Kier molecular flexibility index (Phi) is 2.87. The molecule has 1 unspecified atom stereocenters. The summed E-state index contributed by atoms with van der Waals surface area (Å²) >= 11 is 0. The summed E-state index contributed by atoms with van der Waals surface area (Å²) in [5, 5.41) is 8.87. The van der Waals surface area contributed by atoms with E-state index in [1.54, 1.807) is 26.0 Å². The van der Waals surface area contributed by atoms with Gasteiger partial charge >= 0.3 is 0 Å². The minimum Gasteiger partial charge on any atom is -0.323 e. The van der Waals surface area contributed by atoms with Crippen LogP contribution in [0.4, 0.5) is 4.39 Å². The van der Waals surface area contributed by atoms with Crippen LogP contribution >= 0.6 is 0 Å². The molecule has 1 atom stereocenters. The van der Waals surface area contributed by atoms with Crippen molar-refractivity contribution in [1.29, 1.82) is 5.26 Å². The fourth-order valence-corrected chi connectivity index (χ4v) is 1.19. The van der Waals surface area contributed by atoms with Crippen LogP contribution in [0.5, 0.6) is 0 Å². The highest BCUT2D eigenvalue weighted by atomic mass is 19.1. The van der Waals surface area contributed by atoms with Crippen molar-refractivity contribution < 1.29 is 4.39 Å². The number of halogens is 1. The molecule has 0 spiro atoms. The molecule has 1 aromatic rings. The number of rotatable bonds is 2. The molecule has 74 valence electrons. The zero-order valence-corrected chi connectivity index (χ0v) is 8.29. The molecule has 0 aliphatic carbocycles. The zero-order chi connectivity index (χ0) is 10.8. The van der Waals surface area contributed by atoms with Crippen molar-refractivity contribution in [1.82, 2.24) is 0 Å². The predicted molar refractivity (Wildman–Crippen MR) is 52.7 cm³/mol. The van der Waals surface area contributed by atoms with Gasteiger partial charge in [0.1, 0.15) is 5.82 Å². The van der Waals surface area contributed by atoms with E-state index in [2.05, 4.69) is 6.07 Å². The van der Waals surface area contributed by atoms with Crippen molar-refractivity contribution >= 4 is 0 Å². The Labute approximate surface area is 83.2 Å². The second kappa shape index (κ2) is 3.77. The van der Waals surface area contributed by atoms with Gasteiger partial charge in [-0.15, -0.1) is 0 Å². The predicted octanol–water partition coefficient (Wildman–Crippen LogP) is 2.38. The first-order chi connectivity index (χ1) is 6.47. The number of benzene rings is 1. The first kappa shape index (κ1) is 10.7. The number of nitriles is 1. The van der Waals surface area contributed by atoms with Crippen LogP contribution in [0.2, 0.25) is 0 Å². The van der Waals surface area contributed by atoms with Gasteiger partial charge in [0.15, 0.2) is 0 Å². The van der Waals surface area contributed by atoms with Crippen LogP contribution in [0.15, 0.2) is 24.3 Å². The highest BCUT2D eigenvalue weighted by Gasteiger charge is 2.27. The summed E-state index contributed by atoms with van der Waals surface area (Å²) in [7, 11) is 0. The second-order valence-electron chi connectivity index (χ2n) is 3.87. The lowest BCUT2D eigenvalue weighted by atomic mass is 9.82. The molecule has 0 fully saturated rings. The van der Waals surface area contributed by atoms with Gasteiger partial charge in [-0.25, -0.2) is 4.39 Å². The third kappa shape index (κ3) is 2.09. The molecule has 0 aliphatic rings. The van der Waals surface area contributed by atoms with Crippen LogP contribution in [0.1, 0.15) is 25.5 Å². The molecule has 2 N–H and O–H groups in total. The molecule has 0 amide bonds. The van der Waals surface area contributed by atoms with Crippen LogP contribution in [0, 0.1) is 22.6 Å². The van der Waals surface area contributed by atoms with Gasteiger partial charge in [-0.05, 0) is 31.5 Å². The molecule has 0 saturated carbocycles. The summed E-state index contributed by atoms with van der Waals surface area (Å²) in [5.74, 6) is -0.327. The highest BCUT2D eigenvalue weighted by molar-refractivity contribution is 5.23. The molecule has 1 aromatic carbocycles. The number of nitrogens with two attached hydrogens (primary N) is 1. The molecular formula is C11H13FN2. The van der Waals surface area contributed by atoms with E-state index >= 15 is 0 Å². The number of nitrogens with zero attached hydrogens (tertiary/aromatic N) is 1. The average molecular weight is 192 g/mol. The lowest BCUT2D eigenvalue weighted by Crippen LogP contribution is -2.27. The molecule has 0 saturated heterocycles. The van der Waals surface area contributed by atoms with Gasteiger partial charge < -0.3 is 5.73 Å². The largest absolute Gasteiger partial charge is 0.323 e. The Morgan fingerprint density at radius 1 is 1.50 bits per heavy atom. The summed E-state index contributed by atoms with van der Waals surface area (Å²) in [6.45, 7) is 3.48. The van der Waals surface area contributed by atoms with E-state index < -0.39 is 11.5 Å². The van der Waals surface area contributed by atoms with Gasteiger partial charge in [-0.1, -0.05) is 12.1 Å². The molecule has 0 heterocycles. The standard InChI is InChI=1S/C11H13FN2/c1-11(2,7-13)10(14)8-4-3-5-9(12)6-8/h3-6,10H,14H2,1-2H3. The maximum atomic E-state index is 12.9. The third-order valence-corrected chi connectivity index (χ3v) is 2.27. The maximum absolute atomic E-state index is 12.9. The molecule has 2 nitrogen and oxygen atoms in total. The summed E-state index contributed by atoms with van der Waals surface area (Å²) in [6, 6.07) is 7.69. The minimum absolute atomic E-state index is 0.327. The average Bonchev–Trinajstić information content (AvgIpc) is 2.16. The minimum atomic E-state index is -0.687. The van der Waals surface area contributed by atoms with E-state index in [1.165, 1.54) is 12.1 Å². The van der Waals surface area contributed by atoms with Gasteiger partial charge in [-0.2, -0.15) is 5.26 Å². The Morgan fingerprint density at radius 3 is 2.64 bits per heavy atom. The third-order valence-electron chi connectivity index (χ3n) is 2.27. The molecular weight excluding hydrogens is 179 g/mol. The molecule has 0 bridgehead atoms. The molecule has 3 heteroatoms. The lowest BCUT2D eigenvalue weighted by Gasteiger charge is -2.24. The first-order valence-corrected chi connectivity index (χ1v) is 4.39. The quantitative estimate of drug-likeness (QED) is 0.782. The monoisotopic (exact) mass is 192 g/mol. The Morgan fingerprint density at radius 2 is 2.14 bits per heavy atom. The van der Waals surface area contributed by atoms with E-state index in [-0.39, 0.29) is 5.82 Å². The smallest absolute Gasteiger partial charge is 0.123 e. The zero-order valence-electron chi connectivity index (χ0n) is 8.29. The normalized spacial score (nSPS) is 13.4. The van der Waals surface area contributed by atoms with Crippen LogP contribution in [-0.4, -0.2) is 0 Å². The number of hydrogen-bond donors (Lipinski definition) is 1. The summed E-state index contributed by atoms with van der Waals surface area (Å²) in [6.07, 6.45) is 0. The first-order valence-electron chi connectivity index (χ1n) is 4.39. The highest BCUT2D eigenvalue weighted by Crippen LogP contribution is 2.30. The van der Waals surface area contributed by atoms with Crippen molar-refractivity contribution in [3.63, 3.8) is 0 Å². The van der Waals surface area contributed by atoms with Crippen molar-refractivity contribution in [3.8, 4) is 6.07 Å². The van der Waals surface area contributed by atoms with Crippen LogP contribution in [-0.2, 0) is 0 Å². The lowest BCUT2D eigenvalue weighted by molar-refractivity contribution is 0.392. The van der Waals surface area contributed by atoms with Crippen LogP contribution in [0.25, 0.3) is 0 Å². The Bertz CT molecular complexity index is 366. The Balaban J connectivity index is 3.02. The SMILES string of the molecule is CC(C)(C#N)C(N)c1cccc(F)c1. The summed E-state index contributed by atoms with van der Waals surface area (Å²) in [5.41, 5.74) is 5.83. The molecule has 0 aromatic heterocycles. The van der Waals surface area contributed by atoms with Crippen molar-refractivity contribution in [2.24, 2.45) is 11.1 Å². The van der Waals surface area contributed by atoms with E-state index in [1.807, 2.05) is 0 Å². The van der Waals surface area contributed by atoms with Crippen LogP contribution in [0.3, 0.4) is 0 Å². The van der Waals surface area contributed by atoms with Crippen molar-refractivity contribution in [2.75, 3.05) is 0 Å². The fraction of sp³-hybridized carbons (Fsp3) is 0.364. The molecule has 0 aliphatic heterocycles. The van der Waals surface area contributed by atoms with Gasteiger partial charge in [0.2, 0.25) is 0 Å². The van der Waals surface area contributed by atoms with Crippen molar-refractivity contribution in [2.45, 2.75) is 19.9 Å². The fourth-order valence-electron chi connectivity index (χ4n) is 1.19. The van der Waals surface area contributed by atoms with Gasteiger partial charge in [0, 0.05) is 6.04 Å². The van der Waals surface area contributed by atoms with Gasteiger partial charge in [-0.3, -0.25) is 0 Å². The van der Waals surface area contributed by atoms with Crippen molar-refractivity contribution in [3.05, 3.63) is 35.6 Å². The van der Waals surface area contributed by atoms with Crippen LogP contribution < -0.4 is 5.73 Å². The summed E-state index contributed by atoms with van der Waals surface area (Å²) in [4.78, 5) is 0. The second-order valence-corrected chi connectivity index (χ2v) is 3.87. The Hall–Kier alpha value is -1.40. The van der Waals surface area contributed by atoms with E-state index in [0.717, 1.165) is 0 Å². The number of hydrogen-bond acceptors (Lipinski definition) is 2. The van der Waals surface area contributed by atoms with Gasteiger partial charge in [0.25, 0.3) is 0 Å².